The van der Waals surface area contributed by atoms with E-state index in [1.54, 1.807) is 0 Å². The number of halogens is 3. The average molecular weight is 290 g/mol. The maximum absolute atomic E-state index is 13.7. The molecule has 1 atom stereocenters. The van der Waals surface area contributed by atoms with Gasteiger partial charge in [-0.1, -0.05) is 11.6 Å². The number of carboxylic acids is 1. The van der Waals surface area contributed by atoms with Crippen molar-refractivity contribution in [2.24, 2.45) is 0 Å². The van der Waals surface area contributed by atoms with E-state index < -0.39 is 40.1 Å². The van der Waals surface area contributed by atoms with Gasteiger partial charge in [-0.3, -0.25) is 4.79 Å². The molecule has 19 heavy (non-hydrogen) atoms. The molecule has 1 fully saturated rings. The van der Waals surface area contributed by atoms with Crippen LogP contribution in [0, 0.1) is 11.6 Å². The quantitative estimate of drug-likeness (QED) is 0.850. The summed E-state index contributed by atoms with van der Waals surface area (Å²) in [7, 11) is 0. The van der Waals surface area contributed by atoms with Crippen molar-refractivity contribution in [1.29, 1.82) is 0 Å². The summed E-state index contributed by atoms with van der Waals surface area (Å²) in [5, 5.41) is 8.21. The van der Waals surface area contributed by atoms with Gasteiger partial charge in [0.1, 0.15) is 16.9 Å². The SMILES string of the molecule is O=C(O)C1CCCN1C(=O)c1ccc(F)c(Cl)c1F. The molecule has 1 amide bonds. The first-order valence-electron chi connectivity index (χ1n) is 5.60. The molecule has 0 saturated carbocycles. The van der Waals surface area contributed by atoms with Crippen molar-refractivity contribution in [3.05, 3.63) is 34.4 Å². The lowest BCUT2D eigenvalue weighted by Crippen LogP contribution is -2.40. The van der Waals surface area contributed by atoms with Gasteiger partial charge in [-0.2, -0.15) is 0 Å². The standard InChI is InChI=1S/C12H10ClF2NO3/c13-9-7(14)4-3-6(10(9)15)11(17)16-5-1-2-8(16)12(18)19/h3-4,8H,1-2,5H2,(H,18,19). The Morgan fingerprint density at radius 2 is 2.05 bits per heavy atom. The summed E-state index contributed by atoms with van der Waals surface area (Å²) in [5.41, 5.74) is -0.417. The molecule has 1 saturated heterocycles. The van der Waals surface area contributed by atoms with Crippen LogP contribution in [-0.4, -0.2) is 34.5 Å². The third kappa shape index (κ3) is 2.40. The molecule has 1 N–H and O–H groups in total. The minimum atomic E-state index is -1.16. The monoisotopic (exact) mass is 289 g/mol. The number of carboxylic acid groups (broad SMARTS) is 1. The van der Waals surface area contributed by atoms with Gasteiger partial charge in [-0.15, -0.1) is 0 Å². The molecule has 0 aromatic heterocycles. The number of aliphatic carboxylic acids is 1. The van der Waals surface area contributed by atoms with Gasteiger partial charge < -0.3 is 10.0 Å². The maximum Gasteiger partial charge on any atom is 0.326 e. The van der Waals surface area contributed by atoms with Gasteiger partial charge >= 0.3 is 5.97 Å². The molecule has 102 valence electrons. The zero-order chi connectivity index (χ0) is 14.2. The Morgan fingerprint density at radius 3 is 2.68 bits per heavy atom. The first kappa shape index (κ1) is 13.7. The summed E-state index contributed by atoms with van der Waals surface area (Å²) in [6.45, 7) is 0.226. The highest BCUT2D eigenvalue weighted by molar-refractivity contribution is 6.31. The van der Waals surface area contributed by atoms with Crippen LogP contribution in [0.1, 0.15) is 23.2 Å². The first-order chi connectivity index (χ1) is 8.93. The molecule has 0 aliphatic carbocycles. The van der Waals surface area contributed by atoms with Crippen LogP contribution in [0.2, 0.25) is 5.02 Å². The third-order valence-electron chi connectivity index (χ3n) is 3.06. The lowest BCUT2D eigenvalue weighted by molar-refractivity contribution is -0.141. The van der Waals surface area contributed by atoms with Crippen molar-refractivity contribution in [3.63, 3.8) is 0 Å². The van der Waals surface area contributed by atoms with Gasteiger partial charge in [0.2, 0.25) is 0 Å². The second-order valence-electron chi connectivity index (χ2n) is 4.22. The van der Waals surface area contributed by atoms with E-state index in [0.717, 1.165) is 17.0 Å². The molecule has 1 aliphatic rings. The molecule has 1 heterocycles. The molecular formula is C12H10ClF2NO3. The molecule has 0 spiro atoms. The second-order valence-corrected chi connectivity index (χ2v) is 4.60. The molecule has 1 aromatic carbocycles. The topological polar surface area (TPSA) is 57.6 Å². The Kier molecular flexibility index (Phi) is 3.71. The summed E-state index contributed by atoms with van der Waals surface area (Å²) < 4.78 is 26.7. The lowest BCUT2D eigenvalue weighted by atomic mass is 10.1. The molecule has 2 rings (SSSR count). The highest BCUT2D eigenvalue weighted by Crippen LogP contribution is 2.26. The van der Waals surface area contributed by atoms with Crippen LogP contribution in [0.3, 0.4) is 0 Å². The third-order valence-corrected chi connectivity index (χ3v) is 3.41. The van der Waals surface area contributed by atoms with E-state index in [2.05, 4.69) is 0 Å². The summed E-state index contributed by atoms with van der Waals surface area (Å²) >= 11 is 5.40. The summed E-state index contributed by atoms with van der Waals surface area (Å²) in [5.74, 6) is -4.06. The number of nitrogens with zero attached hydrogens (tertiary/aromatic N) is 1. The van der Waals surface area contributed by atoms with Gasteiger partial charge in [-0.05, 0) is 25.0 Å². The van der Waals surface area contributed by atoms with E-state index in [1.807, 2.05) is 0 Å². The zero-order valence-electron chi connectivity index (χ0n) is 9.70. The Hall–Kier alpha value is -1.69. The molecular weight excluding hydrogens is 280 g/mol. The smallest absolute Gasteiger partial charge is 0.326 e. The second kappa shape index (κ2) is 5.13. The van der Waals surface area contributed by atoms with Crippen molar-refractivity contribution in [3.8, 4) is 0 Å². The van der Waals surface area contributed by atoms with E-state index in [9.17, 15) is 18.4 Å². The van der Waals surface area contributed by atoms with Crippen molar-refractivity contribution >= 4 is 23.5 Å². The highest BCUT2D eigenvalue weighted by Gasteiger charge is 2.35. The Balaban J connectivity index is 2.35. The fourth-order valence-corrected chi connectivity index (χ4v) is 2.28. The highest BCUT2D eigenvalue weighted by atomic mass is 35.5. The Labute approximate surface area is 112 Å². The predicted molar refractivity (Wildman–Crippen MR) is 63.1 cm³/mol. The summed E-state index contributed by atoms with van der Waals surface area (Å²) in [6.07, 6.45) is 0.844. The van der Waals surface area contributed by atoms with E-state index >= 15 is 0 Å². The first-order valence-corrected chi connectivity index (χ1v) is 5.98. The van der Waals surface area contributed by atoms with Crippen molar-refractivity contribution in [2.45, 2.75) is 18.9 Å². The van der Waals surface area contributed by atoms with Crippen LogP contribution in [-0.2, 0) is 4.79 Å². The number of hydrogen-bond donors (Lipinski definition) is 1. The minimum Gasteiger partial charge on any atom is -0.480 e. The largest absolute Gasteiger partial charge is 0.480 e. The summed E-state index contributed by atoms with van der Waals surface area (Å²) in [4.78, 5) is 24.1. The van der Waals surface area contributed by atoms with E-state index in [0.29, 0.717) is 12.8 Å². The van der Waals surface area contributed by atoms with Crippen LogP contribution in [0.5, 0.6) is 0 Å². The van der Waals surface area contributed by atoms with Crippen LogP contribution >= 0.6 is 11.6 Å². The Morgan fingerprint density at radius 1 is 1.37 bits per heavy atom. The zero-order valence-corrected chi connectivity index (χ0v) is 10.5. The maximum atomic E-state index is 13.7. The van der Waals surface area contributed by atoms with Crippen molar-refractivity contribution in [2.75, 3.05) is 6.54 Å². The number of benzene rings is 1. The van der Waals surface area contributed by atoms with Crippen LogP contribution in [0.4, 0.5) is 8.78 Å². The van der Waals surface area contributed by atoms with Crippen LogP contribution in [0.25, 0.3) is 0 Å². The van der Waals surface area contributed by atoms with Crippen molar-refractivity contribution < 1.29 is 23.5 Å². The molecule has 7 heteroatoms. The van der Waals surface area contributed by atoms with Gasteiger partial charge in [-0.25, -0.2) is 13.6 Å². The lowest BCUT2D eigenvalue weighted by Gasteiger charge is -2.21. The predicted octanol–water partition coefficient (Wildman–Crippen LogP) is 2.31. The molecule has 0 bridgehead atoms. The van der Waals surface area contributed by atoms with E-state index in [4.69, 9.17) is 16.7 Å². The van der Waals surface area contributed by atoms with Gasteiger partial charge in [0, 0.05) is 6.54 Å². The number of amides is 1. The van der Waals surface area contributed by atoms with E-state index in [-0.39, 0.29) is 6.54 Å². The van der Waals surface area contributed by atoms with Gasteiger partial charge in [0.05, 0.1) is 5.56 Å². The number of hydrogen-bond acceptors (Lipinski definition) is 2. The number of carbonyl (C=O) groups excluding carboxylic acids is 1. The van der Waals surface area contributed by atoms with Crippen molar-refractivity contribution in [1.82, 2.24) is 4.90 Å². The molecule has 1 aromatic rings. The van der Waals surface area contributed by atoms with Crippen LogP contribution in [0.15, 0.2) is 12.1 Å². The van der Waals surface area contributed by atoms with Gasteiger partial charge in [0.25, 0.3) is 5.91 Å². The van der Waals surface area contributed by atoms with E-state index in [1.165, 1.54) is 0 Å². The number of rotatable bonds is 2. The summed E-state index contributed by atoms with van der Waals surface area (Å²) in [6, 6.07) is 0.872. The van der Waals surface area contributed by atoms with Crippen LogP contribution < -0.4 is 0 Å². The normalized spacial score (nSPS) is 18.7. The Bertz CT molecular complexity index is 550. The molecule has 1 unspecified atom stereocenters. The number of likely N-dealkylation sites (tertiary alicyclic amines) is 1. The molecule has 0 radical (unpaired) electrons. The number of carbonyl (C=O) groups is 2. The fraction of sp³-hybridized carbons (Fsp3) is 0.333. The fourth-order valence-electron chi connectivity index (χ4n) is 2.11. The minimum absolute atomic E-state index is 0.226. The average Bonchev–Trinajstić information content (AvgIpc) is 2.84. The molecule has 4 nitrogen and oxygen atoms in total. The molecule has 1 aliphatic heterocycles. The van der Waals surface area contributed by atoms with Gasteiger partial charge in [0.15, 0.2) is 5.82 Å².